The molecule has 0 aliphatic carbocycles. The van der Waals surface area contributed by atoms with Gasteiger partial charge in [-0.3, -0.25) is 4.79 Å². The Balaban J connectivity index is 2.57. The highest BCUT2D eigenvalue weighted by Gasteiger charge is 2.22. The summed E-state index contributed by atoms with van der Waals surface area (Å²) in [4.78, 5) is 27.6. The Bertz CT molecular complexity index is 587. The van der Waals surface area contributed by atoms with Crippen molar-refractivity contribution in [1.82, 2.24) is 15.1 Å². The minimum absolute atomic E-state index is 0.0987. The highest BCUT2D eigenvalue weighted by atomic mass is 16.5. The Morgan fingerprint density at radius 2 is 1.88 bits per heavy atom. The van der Waals surface area contributed by atoms with Crippen LogP contribution >= 0.6 is 0 Å². The van der Waals surface area contributed by atoms with Gasteiger partial charge in [0.2, 0.25) is 5.91 Å². The molecule has 0 aliphatic rings. The average Bonchev–Trinajstić information content (AvgIpc) is 2.57. The maximum absolute atomic E-state index is 12.4. The van der Waals surface area contributed by atoms with Gasteiger partial charge in [0, 0.05) is 20.6 Å². The van der Waals surface area contributed by atoms with Crippen LogP contribution in [-0.4, -0.2) is 61.6 Å². The molecule has 1 N–H and O–H groups in total. The van der Waals surface area contributed by atoms with Crippen molar-refractivity contribution in [2.24, 2.45) is 0 Å². The van der Waals surface area contributed by atoms with Crippen molar-refractivity contribution >= 4 is 11.9 Å². The maximum atomic E-state index is 12.4. The summed E-state index contributed by atoms with van der Waals surface area (Å²) in [6.45, 7) is 9.25. The molecule has 0 radical (unpaired) electrons. The van der Waals surface area contributed by atoms with Gasteiger partial charge < -0.3 is 19.9 Å². The van der Waals surface area contributed by atoms with E-state index in [1.165, 1.54) is 10.5 Å². The Kier molecular flexibility index (Phi) is 8.25. The number of amides is 3. The SMILES string of the molecule is CC[C@H](NC(=O)N(CC)CCOc1ccc(C)cc1C)C(=O)N(C)C. The largest absolute Gasteiger partial charge is 0.491 e. The molecule has 0 unspecified atom stereocenters. The summed E-state index contributed by atoms with van der Waals surface area (Å²) < 4.78 is 5.79. The van der Waals surface area contributed by atoms with Crippen LogP contribution in [0.5, 0.6) is 5.75 Å². The van der Waals surface area contributed by atoms with Crippen LogP contribution < -0.4 is 10.1 Å². The molecular weight excluding hydrogens is 318 g/mol. The lowest BCUT2D eigenvalue weighted by Crippen LogP contribution is -2.51. The molecule has 0 saturated heterocycles. The van der Waals surface area contributed by atoms with E-state index < -0.39 is 6.04 Å². The summed E-state index contributed by atoms with van der Waals surface area (Å²) in [5.41, 5.74) is 2.27. The van der Waals surface area contributed by atoms with Gasteiger partial charge in [-0.1, -0.05) is 24.6 Å². The molecule has 0 fully saturated rings. The van der Waals surface area contributed by atoms with Gasteiger partial charge >= 0.3 is 6.03 Å². The van der Waals surface area contributed by atoms with Crippen LogP contribution in [0.4, 0.5) is 4.79 Å². The fourth-order valence-electron chi connectivity index (χ4n) is 2.52. The van der Waals surface area contributed by atoms with Gasteiger partial charge in [0.25, 0.3) is 0 Å². The normalized spacial score (nSPS) is 11.6. The average molecular weight is 349 g/mol. The van der Waals surface area contributed by atoms with Gasteiger partial charge in [0.15, 0.2) is 0 Å². The van der Waals surface area contributed by atoms with Crippen molar-refractivity contribution in [3.05, 3.63) is 29.3 Å². The number of benzene rings is 1. The van der Waals surface area contributed by atoms with Crippen LogP contribution in [0.2, 0.25) is 0 Å². The second-order valence-electron chi connectivity index (χ2n) is 6.34. The predicted octanol–water partition coefficient (Wildman–Crippen LogP) is 2.58. The van der Waals surface area contributed by atoms with E-state index in [1.54, 1.807) is 19.0 Å². The first-order chi connectivity index (χ1) is 11.8. The first-order valence-electron chi connectivity index (χ1n) is 8.76. The van der Waals surface area contributed by atoms with Crippen LogP contribution in [0.1, 0.15) is 31.4 Å². The standard InChI is InChI=1S/C19H31N3O3/c1-7-16(18(23)21(5)6)20-19(24)22(8-2)11-12-25-17-10-9-14(3)13-15(17)4/h9-10,13,16H,7-8,11-12H2,1-6H3,(H,20,24)/t16-/m0/s1. The van der Waals surface area contributed by atoms with Crippen LogP contribution in [0, 0.1) is 13.8 Å². The second-order valence-corrected chi connectivity index (χ2v) is 6.34. The molecule has 0 heterocycles. The van der Waals surface area contributed by atoms with Gasteiger partial charge in [0.05, 0.1) is 6.54 Å². The first kappa shape index (κ1) is 20.8. The summed E-state index contributed by atoms with van der Waals surface area (Å²) in [6.07, 6.45) is 0.555. The molecule has 1 rings (SSSR count). The summed E-state index contributed by atoms with van der Waals surface area (Å²) in [6, 6.07) is 5.28. The third-order valence-electron chi connectivity index (χ3n) is 4.06. The molecule has 0 saturated carbocycles. The van der Waals surface area contributed by atoms with Crippen molar-refractivity contribution in [1.29, 1.82) is 0 Å². The molecule has 1 atom stereocenters. The number of hydrogen-bond donors (Lipinski definition) is 1. The van der Waals surface area contributed by atoms with Gasteiger partial charge in [-0.05, 0) is 38.8 Å². The summed E-state index contributed by atoms with van der Waals surface area (Å²) in [7, 11) is 3.37. The Morgan fingerprint density at radius 1 is 1.20 bits per heavy atom. The third-order valence-corrected chi connectivity index (χ3v) is 4.06. The van der Waals surface area contributed by atoms with Crippen LogP contribution in [0.15, 0.2) is 18.2 Å². The molecule has 1 aromatic carbocycles. The predicted molar refractivity (Wildman–Crippen MR) is 100.0 cm³/mol. The van der Waals surface area contributed by atoms with E-state index in [9.17, 15) is 9.59 Å². The maximum Gasteiger partial charge on any atom is 0.318 e. The quantitative estimate of drug-likeness (QED) is 0.785. The number of rotatable bonds is 8. The zero-order valence-electron chi connectivity index (χ0n) is 16.3. The van der Waals surface area contributed by atoms with E-state index in [1.807, 2.05) is 39.8 Å². The number of likely N-dealkylation sites (N-methyl/N-ethyl adjacent to an activating group) is 2. The Labute approximate surface area is 151 Å². The molecule has 3 amide bonds. The summed E-state index contributed by atoms with van der Waals surface area (Å²) >= 11 is 0. The molecule has 6 heteroatoms. The summed E-state index contributed by atoms with van der Waals surface area (Å²) in [5.74, 6) is 0.731. The van der Waals surface area contributed by atoms with Gasteiger partial charge in [0.1, 0.15) is 18.4 Å². The second kappa shape index (κ2) is 9.91. The number of carbonyl (C=O) groups excluding carboxylic acids is 2. The van der Waals surface area contributed by atoms with Crippen LogP contribution in [0.25, 0.3) is 0 Å². The number of nitrogens with one attached hydrogen (secondary N) is 1. The highest BCUT2D eigenvalue weighted by Crippen LogP contribution is 2.18. The van der Waals surface area contributed by atoms with Crippen LogP contribution in [0.3, 0.4) is 0 Å². The van der Waals surface area contributed by atoms with E-state index in [-0.39, 0.29) is 11.9 Å². The number of aryl methyl sites for hydroxylation is 2. The smallest absolute Gasteiger partial charge is 0.318 e. The number of nitrogens with zero attached hydrogens (tertiary/aromatic N) is 2. The first-order valence-corrected chi connectivity index (χ1v) is 8.76. The lowest BCUT2D eigenvalue weighted by molar-refractivity contribution is -0.130. The molecule has 0 spiro atoms. The Hall–Kier alpha value is -2.24. The molecular formula is C19H31N3O3. The van der Waals surface area contributed by atoms with E-state index >= 15 is 0 Å². The zero-order chi connectivity index (χ0) is 19.0. The topological polar surface area (TPSA) is 61.9 Å². The lowest BCUT2D eigenvalue weighted by Gasteiger charge is -2.26. The molecule has 25 heavy (non-hydrogen) atoms. The minimum atomic E-state index is -0.503. The molecule has 0 aliphatic heterocycles. The Morgan fingerprint density at radius 3 is 2.40 bits per heavy atom. The fourth-order valence-corrected chi connectivity index (χ4v) is 2.52. The minimum Gasteiger partial charge on any atom is -0.491 e. The van der Waals surface area contributed by atoms with Crippen LogP contribution in [-0.2, 0) is 4.79 Å². The highest BCUT2D eigenvalue weighted by molar-refractivity contribution is 5.86. The van der Waals surface area contributed by atoms with E-state index in [0.717, 1.165) is 11.3 Å². The number of carbonyl (C=O) groups is 2. The monoisotopic (exact) mass is 349 g/mol. The fraction of sp³-hybridized carbons (Fsp3) is 0.579. The number of ether oxygens (including phenoxy) is 1. The third kappa shape index (κ3) is 6.29. The van der Waals surface area contributed by atoms with E-state index in [0.29, 0.717) is 26.1 Å². The van der Waals surface area contributed by atoms with Gasteiger partial charge in [-0.2, -0.15) is 0 Å². The van der Waals surface area contributed by atoms with E-state index in [2.05, 4.69) is 11.4 Å². The van der Waals surface area contributed by atoms with Crippen molar-refractivity contribution in [2.45, 2.75) is 40.2 Å². The van der Waals surface area contributed by atoms with Crippen molar-refractivity contribution in [2.75, 3.05) is 33.8 Å². The molecule has 140 valence electrons. The summed E-state index contributed by atoms with van der Waals surface area (Å²) in [5, 5.41) is 2.81. The van der Waals surface area contributed by atoms with Gasteiger partial charge in [-0.25, -0.2) is 4.79 Å². The number of urea groups is 1. The van der Waals surface area contributed by atoms with Crippen molar-refractivity contribution in [3.8, 4) is 5.75 Å². The molecule has 1 aromatic rings. The molecule has 0 aromatic heterocycles. The molecule has 0 bridgehead atoms. The van der Waals surface area contributed by atoms with Crippen molar-refractivity contribution < 1.29 is 14.3 Å². The lowest BCUT2D eigenvalue weighted by atomic mass is 10.1. The zero-order valence-corrected chi connectivity index (χ0v) is 16.3. The van der Waals surface area contributed by atoms with E-state index in [4.69, 9.17) is 4.74 Å². The van der Waals surface area contributed by atoms with Gasteiger partial charge in [-0.15, -0.1) is 0 Å². The number of hydrogen-bond acceptors (Lipinski definition) is 3. The van der Waals surface area contributed by atoms with Crippen molar-refractivity contribution in [3.63, 3.8) is 0 Å². The molecule has 6 nitrogen and oxygen atoms in total.